The average Bonchev–Trinajstić information content (AvgIpc) is 2.46. The van der Waals surface area contributed by atoms with E-state index in [1.54, 1.807) is 24.1 Å². The quantitative estimate of drug-likeness (QED) is 0.943. The summed E-state index contributed by atoms with van der Waals surface area (Å²) >= 11 is 5.86. The van der Waals surface area contributed by atoms with Crippen molar-refractivity contribution in [1.29, 1.82) is 0 Å². The maximum atomic E-state index is 12.3. The van der Waals surface area contributed by atoms with E-state index in [1.165, 1.54) is 12.4 Å². The molecule has 0 spiro atoms. The Labute approximate surface area is 122 Å². The number of hydrogen-bond donors (Lipinski definition) is 1. The predicted octanol–water partition coefficient (Wildman–Crippen LogP) is 2.55. The molecule has 1 unspecified atom stereocenters. The molecule has 0 aliphatic carbocycles. The number of aromatic nitrogens is 2. The van der Waals surface area contributed by atoms with Crippen LogP contribution in [0.5, 0.6) is 0 Å². The smallest absolute Gasteiger partial charge is 0.274 e. The number of nitrogens with zero attached hydrogens (tertiary/aromatic N) is 3. The van der Waals surface area contributed by atoms with Gasteiger partial charge in [0.2, 0.25) is 0 Å². The second kappa shape index (κ2) is 5.88. The molecule has 0 aliphatic rings. The van der Waals surface area contributed by atoms with Crippen molar-refractivity contribution in [3.63, 3.8) is 0 Å². The van der Waals surface area contributed by atoms with Gasteiger partial charge in [-0.2, -0.15) is 0 Å². The molecule has 1 amide bonds. The van der Waals surface area contributed by atoms with E-state index in [-0.39, 0.29) is 23.5 Å². The molecule has 20 heavy (non-hydrogen) atoms. The second-order valence-corrected chi connectivity index (χ2v) is 4.91. The Bertz CT molecular complexity index is 615. The highest BCUT2D eigenvalue weighted by atomic mass is 35.5. The van der Waals surface area contributed by atoms with Crippen LogP contribution in [0.4, 0.5) is 5.82 Å². The topological polar surface area (TPSA) is 72.1 Å². The lowest BCUT2D eigenvalue weighted by atomic mass is 10.1. The molecule has 2 rings (SSSR count). The lowest BCUT2D eigenvalue weighted by molar-refractivity contribution is 0.0736. The summed E-state index contributed by atoms with van der Waals surface area (Å²) in [5.41, 5.74) is 6.76. The lowest BCUT2D eigenvalue weighted by Crippen LogP contribution is -2.30. The number of rotatable bonds is 3. The van der Waals surface area contributed by atoms with Crippen LogP contribution in [0.25, 0.3) is 0 Å². The maximum Gasteiger partial charge on any atom is 0.274 e. The number of nitrogen functional groups attached to an aromatic ring is 1. The third kappa shape index (κ3) is 3.05. The number of nitrogens with two attached hydrogens (primary N) is 1. The van der Waals surface area contributed by atoms with Crippen LogP contribution >= 0.6 is 11.6 Å². The van der Waals surface area contributed by atoms with Crippen molar-refractivity contribution in [2.24, 2.45) is 0 Å². The van der Waals surface area contributed by atoms with Gasteiger partial charge in [-0.1, -0.05) is 23.7 Å². The van der Waals surface area contributed by atoms with Gasteiger partial charge in [0.15, 0.2) is 0 Å². The molecule has 5 nitrogen and oxygen atoms in total. The number of carbonyl (C=O) groups excluding carboxylic acids is 1. The van der Waals surface area contributed by atoms with E-state index in [0.717, 1.165) is 5.56 Å². The molecule has 0 radical (unpaired) electrons. The molecular weight excluding hydrogens is 276 g/mol. The number of benzene rings is 1. The Kier molecular flexibility index (Phi) is 4.20. The fourth-order valence-electron chi connectivity index (χ4n) is 1.81. The van der Waals surface area contributed by atoms with E-state index in [1.807, 2.05) is 19.1 Å². The first kappa shape index (κ1) is 14.3. The Balaban J connectivity index is 2.20. The van der Waals surface area contributed by atoms with Crippen molar-refractivity contribution < 1.29 is 4.79 Å². The third-order valence-electron chi connectivity index (χ3n) is 3.13. The summed E-state index contributed by atoms with van der Waals surface area (Å²) in [6, 6.07) is 7.27. The number of halogens is 1. The van der Waals surface area contributed by atoms with E-state index in [4.69, 9.17) is 17.3 Å². The number of anilines is 1. The van der Waals surface area contributed by atoms with Gasteiger partial charge in [-0.15, -0.1) is 0 Å². The van der Waals surface area contributed by atoms with Crippen molar-refractivity contribution in [2.45, 2.75) is 13.0 Å². The normalized spacial score (nSPS) is 11.9. The van der Waals surface area contributed by atoms with Gasteiger partial charge in [-0.25, -0.2) is 4.98 Å². The van der Waals surface area contributed by atoms with E-state index < -0.39 is 0 Å². The third-order valence-corrected chi connectivity index (χ3v) is 3.38. The summed E-state index contributed by atoms with van der Waals surface area (Å²) in [4.78, 5) is 21.8. The predicted molar refractivity (Wildman–Crippen MR) is 78.4 cm³/mol. The zero-order valence-electron chi connectivity index (χ0n) is 11.2. The molecule has 1 aromatic heterocycles. The van der Waals surface area contributed by atoms with Crippen LogP contribution in [0.15, 0.2) is 36.7 Å². The Morgan fingerprint density at radius 1 is 1.30 bits per heavy atom. The fraction of sp³-hybridized carbons (Fsp3) is 0.214. The molecule has 0 saturated heterocycles. The molecule has 1 atom stereocenters. The Hall–Kier alpha value is -2.14. The van der Waals surface area contributed by atoms with Gasteiger partial charge >= 0.3 is 0 Å². The van der Waals surface area contributed by atoms with Crippen LogP contribution in [0, 0.1) is 0 Å². The van der Waals surface area contributed by atoms with Gasteiger partial charge in [0.1, 0.15) is 11.5 Å². The number of amides is 1. The van der Waals surface area contributed by atoms with Crippen molar-refractivity contribution in [3.8, 4) is 0 Å². The maximum absolute atomic E-state index is 12.3. The highest BCUT2D eigenvalue weighted by Crippen LogP contribution is 2.22. The SMILES string of the molecule is CC(c1ccc(Cl)cc1)N(C)C(=O)c1cncc(N)n1. The van der Waals surface area contributed by atoms with E-state index in [2.05, 4.69) is 9.97 Å². The lowest BCUT2D eigenvalue weighted by Gasteiger charge is -2.25. The van der Waals surface area contributed by atoms with Crippen molar-refractivity contribution >= 4 is 23.3 Å². The molecule has 0 fully saturated rings. The summed E-state index contributed by atoms with van der Waals surface area (Å²) in [7, 11) is 1.71. The zero-order chi connectivity index (χ0) is 14.7. The van der Waals surface area contributed by atoms with Gasteiger partial charge < -0.3 is 10.6 Å². The largest absolute Gasteiger partial charge is 0.382 e. The van der Waals surface area contributed by atoms with Crippen molar-refractivity contribution in [3.05, 3.63) is 52.9 Å². The average molecular weight is 291 g/mol. The summed E-state index contributed by atoms with van der Waals surface area (Å²) in [6.45, 7) is 1.93. The van der Waals surface area contributed by atoms with Crippen molar-refractivity contribution in [1.82, 2.24) is 14.9 Å². The van der Waals surface area contributed by atoms with Crippen LogP contribution in [0.3, 0.4) is 0 Å². The summed E-state index contributed by atoms with van der Waals surface area (Å²) in [5, 5.41) is 0.664. The van der Waals surface area contributed by atoms with Gasteiger partial charge in [0.25, 0.3) is 5.91 Å². The van der Waals surface area contributed by atoms with Crippen LogP contribution in [0.1, 0.15) is 29.0 Å². The van der Waals surface area contributed by atoms with Gasteiger partial charge in [0, 0.05) is 12.1 Å². The van der Waals surface area contributed by atoms with E-state index >= 15 is 0 Å². The van der Waals surface area contributed by atoms with Gasteiger partial charge in [-0.3, -0.25) is 9.78 Å². The van der Waals surface area contributed by atoms with Crippen LogP contribution in [-0.2, 0) is 0 Å². The molecule has 2 N–H and O–H groups in total. The summed E-state index contributed by atoms with van der Waals surface area (Å²) in [5.74, 6) is -0.00403. The molecule has 1 heterocycles. The zero-order valence-corrected chi connectivity index (χ0v) is 12.0. The molecule has 0 saturated carbocycles. The Morgan fingerprint density at radius 2 is 1.95 bits per heavy atom. The summed E-state index contributed by atoms with van der Waals surface area (Å²) in [6.07, 6.45) is 2.81. The number of hydrogen-bond acceptors (Lipinski definition) is 4. The molecule has 1 aromatic carbocycles. The molecule has 0 aliphatic heterocycles. The van der Waals surface area contributed by atoms with Crippen LogP contribution in [-0.4, -0.2) is 27.8 Å². The molecule has 6 heteroatoms. The highest BCUT2D eigenvalue weighted by molar-refractivity contribution is 6.30. The number of carbonyl (C=O) groups is 1. The molecule has 0 bridgehead atoms. The second-order valence-electron chi connectivity index (χ2n) is 4.47. The first-order valence-corrected chi connectivity index (χ1v) is 6.47. The molecular formula is C14H15ClN4O. The van der Waals surface area contributed by atoms with E-state index in [9.17, 15) is 4.79 Å². The molecule has 104 valence electrons. The minimum absolute atomic E-state index is 0.108. The first-order valence-electron chi connectivity index (χ1n) is 6.09. The van der Waals surface area contributed by atoms with Gasteiger partial charge in [0.05, 0.1) is 18.4 Å². The minimum atomic E-state index is -0.229. The van der Waals surface area contributed by atoms with Crippen molar-refractivity contribution in [2.75, 3.05) is 12.8 Å². The summed E-state index contributed by atoms with van der Waals surface area (Å²) < 4.78 is 0. The van der Waals surface area contributed by atoms with Crippen LogP contribution < -0.4 is 5.73 Å². The van der Waals surface area contributed by atoms with E-state index in [0.29, 0.717) is 5.02 Å². The first-order chi connectivity index (χ1) is 9.49. The highest BCUT2D eigenvalue weighted by Gasteiger charge is 2.20. The Morgan fingerprint density at radius 3 is 2.55 bits per heavy atom. The fourth-order valence-corrected chi connectivity index (χ4v) is 1.93. The standard InChI is InChI=1S/C14H15ClN4O/c1-9(10-3-5-11(15)6-4-10)19(2)14(20)12-7-17-8-13(16)18-12/h3-9H,1-2H3,(H2,16,18). The monoisotopic (exact) mass is 290 g/mol. The van der Waals surface area contributed by atoms with Gasteiger partial charge in [-0.05, 0) is 24.6 Å². The van der Waals surface area contributed by atoms with Crippen LogP contribution in [0.2, 0.25) is 5.02 Å². The minimum Gasteiger partial charge on any atom is -0.382 e. The molecule has 2 aromatic rings.